The van der Waals surface area contributed by atoms with Crippen LogP contribution in [-0.4, -0.2) is 260 Å². The van der Waals surface area contributed by atoms with Crippen LogP contribution in [0, 0.1) is 41.2 Å². The molecule has 0 aromatic heterocycles. The fourth-order valence-corrected chi connectivity index (χ4v) is 17.6. The van der Waals surface area contributed by atoms with Crippen molar-refractivity contribution in [1.29, 1.82) is 0 Å². The lowest BCUT2D eigenvalue weighted by Crippen LogP contribution is -2.45. The third-order valence-corrected chi connectivity index (χ3v) is 26.5. The summed E-state index contributed by atoms with van der Waals surface area (Å²) in [6.45, 7) is 21.1. The second-order valence-electron chi connectivity index (χ2n) is 39.0. The molecule has 764 valence electrons. The summed E-state index contributed by atoms with van der Waals surface area (Å²) in [5.74, 6) is -0.481. The van der Waals surface area contributed by atoms with Crippen LogP contribution >= 0.6 is 0 Å². The summed E-state index contributed by atoms with van der Waals surface area (Å²) in [5.41, 5.74) is 13.6. The van der Waals surface area contributed by atoms with Crippen molar-refractivity contribution in [2.45, 2.75) is 212 Å². The first-order chi connectivity index (χ1) is 67.5. The van der Waals surface area contributed by atoms with Gasteiger partial charge >= 0.3 is 42.0 Å². The average Bonchev–Trinajstić information content (AvgIpc) is 1.62. The number of nitrogens with zero attached hydrogens (tertiary/aromatic N) is 6. The van der Waals surface area contributed by atoms with Crippen molar-refractivity contribution < 1.29 is 110 Å². The summed E-state index contributed by atoms with van der Waals surface area (Å²) in [4.78, 5) is 155. The number of hydrogen-bond donors (Lipinski definition) is 5. The number of ether oxygens (including phenoxy) is 6. The molecule has 29 nitrogen and oxygen atoms in total. The molecular weight excluding hydrogens is 1810 g/mol. The molecule has 5 heterocycles. The quantitative estimate of drug-likeness (QED) is 0.0165. The number of rotatable bonds is 29. The lowest BCUT2D eigenvalue weighted by Gasteiger charge is -2.36. The standard InChI is InChI=1S/C31H39FN2O5.C30H37FN2O5.C17H23NO4.C17H21NO4.C9H11NO2.C6H13NO/c1-31(2,3)39-30(37)34(27-19-26(27)23-10-12-25(32)13-11-23)20-22-15-17-33(18-16-22)28(35)14-7-21-5-8-24(9-6-21)29(36)38-4;1-30(2,3)38-29(37)33(26-18-25(26)22-9-11-24(31)12-10-22)19-21-14-16-32(17-15-21)27(34)13-6-20-4-7-23(8-5-20)28(35)36;2*1-22-17(21)15-5-2-13(3-6-15)4-7-16(20)18-10-8-14(12-19)9-11-18;1-12-9(11)8-4-2-7(6-10)3-5-8;8-5-6-1-3-7-4-2-6/h5-6,8-13,22,26-27H,7,14-20H2,1-4H3;4-5,7-12,21,25-26H,6,13-19H2,1-3H3,(H,35,36);2-3,5-6,14,19H,4,7-12H2,1H3;2-3,5-6,12,14H,4,7-11H2,1H3;2-5H,6,10H2,1H3;6-8H,1-5H2. The molecule has 7 aliphatic rings. The molecular formula is C110H144F2N8O21. The van der Waals surface area contributed by atoms with Crippen molar-refractivity contribution in [3.63, 3.8) is 0 Å². The van der Waals surface area contributed by atoms with E-state index in [1.807, 2.05) is 119 Å². The van der Waals surface area contributed by atoms with Gasteiger partial charge in [0.1, 0.15) is 29.1 Å². The predicted octanol–water partition coefficient (Wildman–Crippen LogP) is 15.5. The topological polar surface area (TPSA) is 378 Å². The first-order valence-electron chi connectivity index (χ1n) is 49.2. The Morgan fingerprint density at radius 3 is 0.894 bits per heavy atom. The molecule has 4 unspecified atom stereocenters. The molecule has 7 fully saturated rings. The van der Waals surface area contributed by atoms with Gasteiger partial charge in [0.2, 0.25) is 23.6 Å². The third-order valence-electron chi connectivity index (χ3n) is 26.5. The van der Waals surface area contributed by atoms with Gasteiger partial charge in [-0.05, 0) is 305 Å². The molecule has 6 N–H and O–H groups in total. The van der Waals surface area contributed by atoms with Crippen molar-refractivity contribution in [1.82, 2.24) is 34.7 Å². The number of esters is 4. The maximum absolute atomic E-state index is 13.4. The Morgan fingerprint density at radius 1 is 0.383 bits per heavy atom. The number of aliphatic hydroxyl groups excluding tert-OH is 2. The Hall–Kier alpha value is -12.3. The van der Waals surface area contributed by atoms with Gasteiger partial charge in [0.15, 0.2) is 0 Å². The van der Waals surface area contributed by atoms with E-state index in [4.69, 9.17) is 35.3 Å². The second-order valence-corrected chi connectivity index (χ2v) is 39.0. The minimum atomic E-state index is -0.964. The molecule has 14 rings (SSSR count). The highest BCUT2D eigenvalue weighted by Gasteiger charge is 2.49. The Balaban J connectivity index is 0.000000201. The van der Waals surface area contributed by atoms with E-state index in [1.165, 1.54) is 52.7 Å². The van der Waals surface area contributed by atoms with E-state index in [-0.39, 0.29) is 125 Å². The molecule has 2 aliphatic carbocycles. The van der Waals surface area contributed by atoms with Crippen LogP contribution in [0.25, 0.3) is 0 Å². The Labute approximate surface area is 827 Å². The Morgan fingerprint density at radius 2 is 0.645 bits per heavy atom. The SMILES string of the molecule is CC(C)(C)OC(=O)N(CC1CCN(C(=O)CCc2ccc(C(=O)O)cc2)CC1)C1CC1c1ccc(F)cc1.COC(=O)c1ccc(CCC(=O)N2CCC(C=O)CC2)cc1.COC(=O)c1ccc(CCC(=O)N2CCC(CN(C(=O)OC(C)(C)C)C3CC3c3ccc(F)cc3)CC2)cc1.COC(=O)c1ccc(CCC(=O)N2CCC(CO)CC2)cc1.COC(=O)c1ccc(CN)cc1.OCC1CCNCC1. The number of aromatic carboxylic acids is 1. The molecule has 31 heteroatoms. The number of hydrogen-bond acceptors (Lipinski definition) is 22. The smallest absolute Gasteiger partial charge is 0.410 e. The number of aldehydes is 1. The monoisotopic (exact) mass is 1950 g/mol. The Kier molecular flexibility index (Phi) is 44.9. The van der Waals surface area contributed by atoms with Gasteiger partial charge in [0.05, 0.1) is 56.3 Å². The van der Waals surface area contributed by atoms with Crippen LogP contribution in [-0.2, 0) is 84.6 Å². The highest BCUT2D eigenvalue weighted by atomic mass is 19.1. The number of piperidine rings is 5. The number of carboxylic acids is 1. The molecule has 5 aliphatic heterocycles. The number of likely N-dealkylation sites (tertiary alicyclic amines) is 4. The maximum atomic E-state index is 13.4. The van der Waals surface area contributed by atoms with Gasteiger partial charge in [0, 0.05) is 141 Å². The van der Waals surface area contributed by atoms with Crippen molar-refractivity contribution in [2.75, 3.05) is 120 Å². The number of amides is 6. The summed E-state index contributed by atoms with van der Waals surface area (Å²) in [6, 6.07) is 48.2. The van der Waals surface area contributed by atoms with Crippen LogP contribution in [0.15, 0.2) is 170 Å². The molecule has 6 amide bonds. The number of benzene rings is 7. The number of nitrogens with one attached hydrogen (secondary N) is 1. The summed E-state index contributed by atoms with van der Waals surface area (Å²) in [7, 11) is 5.42. The molecule has 7 aromatic carbocycles. The number of carbonyl (C=O) groups excluding carboxylic acids is 11. The first-order valence-corrected chi connectivity index (χ1v) is 49.2. The van der Waals surface area contributed by atoms with E-state index in [9.17, 15) is 66.3 Å². The molecule has 5 saturated heterocycles. The van der Waals surface area contributed by atoms with Crippen LogP contribution in [0.5, 0.6) is 0 Å². The molecule has 141 heavy (non-hydrogen) atoms. The fourth-order valence-electron chi connectivity index (χ4n) is 17.6. The number of carbonyl (C=O) groups is 12. The molecule has 0 bridgehead atoms. The average molecular weight is 1950 g/mol. The third kappa shape index (κ3) is 37.6. The second kappa shape index (κ2) is 56.4. The van der Waals surface area contributed by atoms with Gasteiger partial charge in [0.25, 0.3) is 0 Å². The van der Waals surface area contributed by atoms with Crippen molar-refractivity contribution in [2.24, 2.45) is 35.3 Å². The van der Waals surface area contributed by atoms with Crippen molar-refractivity contribution in [3.8, 4) is 0 Å². The molecule has 4 atom stereocenters. The number of carboxylic acid groups (broad SMARTS) is 1. The highest BCUT2D eigenvalue weighted by Crippen LogP contribution is 2.48. The van der Waals surface area contributed by atoms with E-state index < -0.39 is 17.2 Å². The maximum Gasteiger partial charge on any atom is 0.410 e. The number of aliphatic hydroxyl groups is 2. The van der Waals surface area contributed by atoms with E-state index >= 15 is 0 Å². The van der Waals surface area contributed by atoms with Crippen molar-refractivity contribution >= 4 is 71.9 Å². The zero-order valence-electron chi connectivity index (χ0n) is 83.4. The largest absolute Gasteiger partial charge is 0.478 e. The van der Waals surface area contributed by atoms with Crippen LogP contribution in [0.2, 0.25) is 0 Å². The van der Waals surface area contributed by atoms with Gasteiger partial charge in [-0.2, -0.15) is 0 Å². The summed E-state index contributed by atoms with van der Waals surface area (Å²) >= 11 is 0. The summed E-state index contributed by atoms with van der Waals surface area (Å²) < 4.78 is 56.8. The van der Waals surface area contributed by atoms with Gasteiger partial charge in [-0.15, -0.1) is 0 Å². The van der Waals surface area contributed by atoms with Crippen LogP contribution in [0.3, 0.4) is 0 Å². The minimum absolute atomic E-state index is 0.0301. The predicted molar refractivity (Wildman–Crippen MR) is 530 cm³/mol. The lowest BCUT2D eigenvalue weighted by atomic mass is 9.95. The van der Waals surface area contributed by atoms with Crippen molar-refractivity contribution in [3.05, 3.63) is 248 Å². The van der Waals surface area contributed by atoms with E-state index in [1.54, 1.807) is 97.1 Å². The van der Waals surface area contributed by atoms with Gasteiger partial charge < -0.3 is 89.0 Å². The highest BCUT2D eigenvalue weighted by molar-refractivity contribution is 5.91. The summed E-state index contributed by atoms with van der Waals surface area (Å²) in [5, 5.41) is 30.0. The normalized spacial score (nSPS) is 17.6. The number of halogens is 2. The summed E-state index contributed by atoms with van der Waals surface area (Å²) in [6.07, 6.45) is 15.1. The van der Waals surface area contributed by atoms with Gasteiger partial charge in [-0.25, -0.2) is 42.3 Å². The van der Waals surface area contributed by atoms with Crippen LogP contribution < -0.4 is 11.1 Å². The molecule has 2 saturated carbocycles. The minimum Gasteiger partial charge on any atom is -0.478 e. The number of aryl methyl sites for hydroxylation is 4. The fraction of sp³-hybridized carbons (Fsp3) is 0.509. The van der Waals surface area contributed by atoms with E-state index in [0.717, 1.165) is 148 Å². The van der Waals surface area contributed by atoms with Crippen LogP contribution in [0.1, 0.15) is 247 Å². The van der Waals surface area contributed by atoms with Gasteiger partial charge in [-0.1, -0.05) is 84.9 Å². The first kappa shape index (κ1) is 112. The Bertz CT molecular complexity index is 5140. The zero-order chi connectivity index (χ0) is 102. The van der Waals surface area contributed by atoms with E-state index in [0.29, 0.717) is 151 Å². The van der Waals surface area contributed by atoms with Gasteiger partial charge in [-0.3, -0.25) is 19.2 Å². The molecule has 7 aromatic rings. The number of nitrogens with two attached hydrogens (primary N) is 1. The number of methoxy groups -OCH3 is 4. The lowest BCUT2D eigenvalue weighted by molar-refractivity contribution is -0.133. The van der Waals surface area contributed by atoms with Crippen LogP contribution in [0.4, 0.5) is 18.4 Å². The zero-order valence-corrected chi connectivity index (χ0v) is 83.4. The van der Waals surface area contributed by atoms with E-state index in [2.05, 4.69) is 19.5 Å². The molecule has 0 radical (unpaired) electrons. The molecule has 0 spiro atoms.